The van der Waals surface area contributed by atoms with Gasteiger partial charge in [0.15, 0.2) is 0 Å². The minimum atomic E-state index is -0.413. The maximum absolute atomic E-state index is 2.53. The summed E-state index contributed by atoms with van der Waals surface area (Å²) in [6, 6.07) is 66.9. The molecule has 1 heteroatoms. The first-order valence-electron chi connectivity index (χ1n) is 20.0. The van der Waals surface area contributed by atoms with Crippen molar-refractivity contribution in [2.45, 2.75) is 51.4 Å². The van der Waals surface area contributed by atoms with Crippen LogP contribution in [0.25, 0.3) is 44.5 Å². The fourth-order valence-corrected chi connectivity index (χ4v) is 11.3. The molecule has 0 amide bonds. The molecule has 57 heavy (non-hydrogen) atoms. The van der Waals surface area contributed by atoms with Crippen molar-refractivity contribution >= 4 is 17.1 Å². The maximum atomic E-state index is 2.53. The fraction of sp³-hybridized carbons (Fsp3) is 0.143. The molecule has 0 saturated carbocycles. The number of hydrogen-bond acceptors (Lipinski definition) is 1. The SMILES string of the molecule is C.CC1(C)c2ccccc2-c2ccc(N(c3ccc4c(c3)C(C)(C)c3ccccc3-4)c3ccc4c(c3)C3(c5ccccc5-c5ccccc53)c3ccccc3-4)cc21. The molecule has 0 aliphatic heterocycles. The second kappa shape index (κ2) is 11.6. The van der Waals surface area contributed by atoms with Crippen molar-refractivity contribution < 1.29 is 0 Å². The second-order valence-corrected chi connectivity index (χ2v) is 17.3. The Hall–Kier alpha value is -6.44. The van der Waals surface area contributed by atoms with Crippen molar-refractivity contribution in [1.29, 1.82) is 0 Å². The van der Waals surface area contributed by atoms with Crippen LogP contribution in [0.5, 0.6) is 0 Å². The first-order chi connectivity index (χ1) is 27.3. The molecule has 0 atom stereocenters. The van der Waals surface area contributed by atoms with E-state index in [-0.39, 0.29) is 18.3 Å². The molecule has 274 valence electrons. The lowest BCUT2D eigenvalue weighted by Crippen LogP contribution is -2.26. The van der Waals surface area contributed by atoms with E-state index in [1.165, 1.54) is 106 Å². The Kier molecular flexibility index (Phi) is 6.87. The molecule has 0 saturated heterocycles. The van der Waals surface area contributed by atoms with Gasteiger partial charge in [-0.15, -0.1) is 0 Å². The minimum absolute atomic E-state index is 0. The number of benzene rings is 8. The van der Waals surface area contributed by atoms with Crippen LogP contribution < -0.4 is 4.90 Å². The predicted molar refractivity (Wildman–Crippen MR) is 239 cm³/mol. The van der Waals surface area contributed by atoms with E-state index in [1.54, 1.807) is 0 Å². The summed E-state index contributed by atoms with van der Waals surface area (Å²) in [4.78, 5) is 2.53. The van der Waals surface area contributed by atoms with Crippen LogP contribution in [-0.2, 0) is 16.2 Å². The summed E-state index contributed by atoms with van der Waals surface area (Å²) >= 11 is 0. The van der Waals surface area contributed by atoms with Gasteiger partial charge in [-0.2, -0.15) is 0 Å². The quantitative estimate of drug-likeness (QED) is 0.175. The van der Waals surface area contributed by atoms with E-state index < -0.39 is 5.41 Å². The molecule has 0 aromatic heterocycles. The third-order valence-corrected chi connectivity index (χ3v) is 13.9. The van der Waals surface area contributed by atoms with Crippen molar-refractivity contribution in [1.82, 2.24) is 0 Å². The number of nitrogens with zero attached hydrogens (tertiary/aromatic N) is 1. The van der Waals surface area contributed by atoms with Crippen molar-refractivity contribution in [3.05, 3.63) is 220 Å². The molecule has 0 bridgehead atoms. The molecule has 1 spiro atoms. The summed E-state index contributed by atoms with van der Waals surface area (Å²) in [6.45, 7) is 9.52. The molecule has 0 radical (unpaired) electrons. The predicted octanol–water partition coefficient (Wildman–Crippen LogP) is 14.7. The highest BCUT2D eigenvalue weighted by molar-refractivity contribution is 5.97. The van der Waals surface area contributed by atoms with Gasteiger partial charge < -0.3 is 4.90 Å². The zero-order valence-electron chi connectivity index (χ0n) is 32.2. The largest absolute Gasteiger partial charge is 0.310 e. The van der Waals surface area contributed by atoms with E-state index in [2.05, 4.69) is 209 Å². The van der Waals surface area contributed by atoms with Gasteiger partial charge >= 0.3 is 0 Å². The second-order valence-electron chi connectivity index (χ2n) is 17.3. The first kappa shape index (κ1) is 33.9. The monoisotopic (exact) mass is 731 g/mol. The van der Waals surface area contributed by atoms with Gasteiger partial charge in [-0.3, -0.25) is 0 Å². The Labute approximate surface area is 336 Å². The van der Waals surface area contributed by atoms with Crippen molar-refractivity contribution in [3.8, 4) is 44.5 Å². The van der Waals surface area contributed by atoms with Crippen LogP contribution in [0, 0.1) is 0 Å². The van der Waals surface area contributed by atoms with Gasteiger partial charge in [-0.25, -0.2) is 0 Å². The van der Waals surface area contributed by atoms with E-state index in [0.717, 1.165) is 0 Å². The maximum Gasteiger partial charge on any atom is 0.0726 e. The van der Waals surface area contributed by atoms with E-state index in [4.69, 9.17) is 0 Å². The van der Waals surface area contributed by atoms with Crippen LogP contribution in [-0.4, -0.2) is 0 Å². The molecular formula is C56H45N. The zero-order chi connectivity index (χ0) is 37.6. The van der Waals surface area contributed by atoms with E-state index in [0.29, 0.717) is 0 Å². The van der Waals surface area contributed by atoms with Gasteiger partial charge in [-0.1, -0.05) is 175 Å². The number of hydrogen-bond donors (Lipinski definition) is 0. The van der Waals surface area contributed by atoms with Gasteiger partial charge in [0.25, 0.3) is 0 Å². The molecule has 1 nitrogen and oxygen atoms in total. The van der Waals surface area contributed by atoms with Crippen LogP contribution >= 0.6 is 0 Å². The Balaban J connectivity index is 0.00000374. The van der Waals surface area contributed by atoms with Crippen molar-refractivity contribution in [2.75, 3.05) is 4.90 Å². The van der Waals surface area contributed by atoms with E-state index in [9.17, 15) is 0 Å². The standard InChI is InChI=1S/C55H41N.CH4/c1-53(2)45-20-10-5-15-37(45)42-28-25-34(31-50(42)53)56(35-26-29-43-38-16-6-11-21-46(38)54(3,4)51(43)32-35)36-27-30-44-41-19-9-14-24-49(41)55(52(44)33-36)47-22-12-7-17-39(47)40-18-8-13-23-48(40)55;/h5-33H,1-4H3;1H4. The number of anilines is 3. The number of fused-ring (bicyclic) bond motifs is 16. The van der Waals surface area contributed by atoms with Crippen LogP contribution in [0.2, 0.25) is 0 Å². The molecular weight excluding hydrogens is 687 g/mol. The summed E-state index contributed by atoms with van der Waals surface area (Å²) < 4.78 is 0. The summed E-state index contributed by atoms with van der Waals surface area (Å²) in [6.07, 6.45) is 0. The summed E-state index contributed by atoms with van der Waals surface area (Å²) in [5.41, 5.74) is 24.5. The van der Waals surface area contributed by atoms with E-state index in [1.807, 2.05) is 0 Å². The van der Waals surface area contributed by atoms with Crippen molar-refractivity contribution in [3.63, 3.8) is 0 Å². The summed E-state index contributed by atoms with van der Waals surface area (Å²) in [5.74, 6) is 0. The molecule has 0 N–H and O–H groups in total. The lowest BCUT2D eigenvalue weighted by Gasteiger charge is -2.33. The highest BCUT2D eigenvalue weighted by Crippen LogP contribution is 2.63. The molecule has 0 fully saturated rings. The summed E-state index contributed by atoms with van der Waals surface area (Å²) in [7, 11) is 0. The number of rotatable bonds is 3. The van der Waals surface area contributed by atoms with Crippen LogP contribution in [0.3, 0.4) is 0 Å². The highest BCUT2D eigenvalue weighted by atomic mass is 15.1. The average molecular weight is 732 g/mol. The van der Waals surface area contributed by atoms with Gasteiger partial charge in [0.05, 0.1) is 5.41 Å². The minimum Gasteiger partial charge on any atom is -0.310 e. The smallest absolute Gasteiger partial charge is 0.0726 e. The van der Waals surface area contributed by atoms with E-state index >= 15 is 0 Å². The first-order valence-corrected chi connectivity index (χ1v) is 20.0. The Morgan fingerprint density at radius 2 is 0.544 bits per heavy atom. The van der Waals surface area contributed by atoms with Gasteiger partial charge in [0.2, 0.25) is 0 Å². The lowest BCUT2D eigenvalue weighted by atomic mass is 9.70. The molecule has 0 heterocycles. The molecule has 12 rings (SSSR count). The lowest BCUT2D eigenvalue weighted by molar-refractivity contribution is 0.660. The topological polar surface area (TPSA) is 3.24 Å². The Morgan fingerprint density at radius 1 is 0.281 bits per heavy atom. The molecule has 8 aromatic rings. The normalized spacial score (nSPS) is 15.6. The molecule has 8 aromatic carbocycles. The fourth-order valence-electron chi connectivity index (χ4n) is 11.3. The van der Waals surface area contributed by atoms with Gasteiger partial charge in [0.1, 0.15) is 0 Å². The highest BCUT2D eigenvalue weighted by Gasteiger charge is 2.51. The van der Waals surface area contributed by atoms with Crippen LogP contribution in [0.15, 0.2) is 176 Å². The Morgan fingerprint density at radius 3 is 0.912 bits per heavy atom. The van der Waals surface area contributed by atoms with Crippen LogP contribution in [0.1, 0.15) is 79.6 Å². The van der Waals surface area contributed by atoms with Gasteiger partial charge in [-0.05, 0) is 125 Å². The van der Waals surface area contributed by atoms with Crippen molar-refractivity contribution in [2.24, 2.45) is 0 Å². The third kappa shape index (κ3) is 4.19. The third-order valence-electron chi connectivity index (χ3n) is 13.9. The average Bonchev–Trinajstić information content (AvgIpc) is 3.86. The van der Waals surface area contributed by atoms with Crippen LogP contribution in [0.4, 0.5) is 17.1 Å². The zero-order valence-corrected chi connectivity index (χ0v) is 32.2. The molecule has 4 aliphatic rings. The molecule has 0 unspecified atom stereocenters. The summed E-state index contributed by atoms with van der Waals surface area (Å²) in [5, 5.41) is 0. The Bertz CT molecular complexity index is 2820. The van der Waals surface area contributed by atoms with Gasteiger partial charge in [0, 0.05) is 27.9 Å². The molecule has 4 aliphatic carbocycles.